The van der Waals surface area contributed by atoms with Crippen LogP contribution in [-0.4, -0.2) is 57.0 Å². The third kappa shape index (κ3) is 9.19. The Morgan fingerprint density at radius 2 is 1.28 bits per heavy atom. The third-order valence-electron chi connectivity index (χ3n) is 10.7. The van der Waals surface area contributed by atoms with Gasteiger partial charge in [-0.3, -0.25) is 4.79 Å². The minimum Gasteiger partial charge on any atom is -0.601 e. The molecule has 0 fully saturated rings. The molecule has 5 aromatic carbocycles. The molecule has 1 aromatic heterocycles. The van der Waals surface area contributed by atoms with Gasteiger partial charge in [0.2, 0.25) is 5.91 Å². The Balaban J connectivity index is 1.35. The second-order valence-corrected chi connectivity index (χ2v) is 15.2. The number of ether oxygens (including phenoxy) is 1. The molecule has 1 N–H and O–H groups in total. The van der Waals surface area contributed by atoms with Crippen molar-refractivity contribution in [1.29, 1.82) is 0 Å². The number of imidazole rings is 1. The van der Waals surface area contributed by atoms with Crippen molar-refractivity contribution < 1.29 is 19.1 Å². The van der Waals surface area contributed by atoms with Crippen molar-refractivity contribution in [3.8, 4) is 0 Å². The first-order valence-electron chi connectivity index (χ1n) is 19.8. The van der Waals surface area contributed by atoms with Crippen LogP contribution in [0.15, 0.2) is 176 Å². The summed E-state index contributed by atoms with van der Waals surface area (Å²) in [4.78, 5) is 32.9. The van der Waals surface area contributed by atoms with Crippen molar-refractivity contribution in [2.75, 3.05) is 19.6 Å². The number of carbonyl (C=O) groups excluding carboxylic acids is 2. The molecule has 0 aliphatic carbocycles. The van der Waals surface area contributed by atoms with Gasteiger partial charge in [-0.2, -0.15) is 9.55 Å². The fourth-order valence-electron chi connectivity index (χ4n) is 7.50. The van der Waals surface area contributed by atoms with Crippen molar-refractivity contribution >= 4 is 12.0 Å². The van der Waals surface area contributed by atoms with Crippen molar-refractivity contribution in [2.24, 2.45) is 0 Å². The van der Waals surface area contributed by atoms with Crippen molar-refractivity contribution in [3.63, 3.8) is 0 Å². The molecule has 58 heavy (non-hydrogen) atoms. The Morgan fingerprint density at radius 3 is 1.78 bits per heavy atom. The molecule has 0 saturated heterocycles. The predicted molar refractivity (Wildman–Crippen MR) is 229 cm³/mol. The SMILES string of the molecule is CC=CCN(CC(=O)NCC(C)(C)c1ccccc1)[N+]([O-])(C(=O)OCc1ccccc1)C(C)Cc1cn(C(c2ccccc2)(c2ccccc2)c2ccccc2)cn1. The van der Waals surface area contributed by atoms with Crippen LogP contribution < -0.4 is 5.32 Å². The summed E-state index contributed by atoms with van der Waals surface area (Å²) in [7, 11) is 0. The average molecular weight is 776 g/mol. The summed E-state index contributed by atoms with van der Waals surface area (Å²) < 4.78 is 6.36. The van der Waals surface area contributed by atoms with E-state index < -0.39 is 22.4 Å². The van der Waals surface area contributed by atoms with E-state index in [1.54, 1.807) is 25.4 Å². The van der Waals surface area contributed by atoms with Crippen LogP contribution in [0.2, 0.25) is 0 Å². The van der Waals surface area contributed by atoms with Crippen LogP contribution in [0.5, 0.6) is 0 Å². The standard InChI is InChI=1S/C49H53N5O4/c1-5-6-32-53(35-46(55)50-37-48(3,4)41-24-14-8-15-25-41)54(57,47(56)58-36-40-22-12-7-13-23-40)39(2)33-45-34-52(38-51-45)49(42-26-16-9-17-27-42,43-28-18-10-19-29-43)44-30-20-11-21-31-44/h5-31,34,38-39H,32-33,35-37H2,1-4H3,(H,50,55). The normalized spacial score (nSPS) is 13.6. The van der Waals surface area contributed by atoms with Gasteiger partial charge in [0.15, 0.2) is 0 Å². The Kier molecular flexibility index (Phi) is 13.5. The number of hydrogen-bond donors (Lipinski definition) is 1. The number of benzene rings is 5. The monoisotopic (exact) mass is 775 g/mol. The van der Waals surface area contributed by atoms with E-state index in [4.69, 9.17) is 9.72 Å². The Hall–Kier alpha value is -6.13. The largest absolute Gasteiger partial charge is 0.601 e. The van der Waals surface area contributed by atoms with E-state index in [1.165, 1.54) is 5.01 Å². The summed E-state index contributed by atoms with van der Waals surface area (Å²) in [6, 6.07) is 49.0. The van der Waals surface area contributed by atoms with Crippen LogP contribution in [-0.2, 0) is 33.5 Å². The maximum absolute atomic E-state index is 15.5. The highest BCUT2D eigenvalue weighted by molar-refractivity contribution is 5.78. The fourth-order valence-corrected chi connectivity index (χ4v) is 7.50. The lowest BCUT2D eigenvalue weighted by atomic mass is 9.77. The van der Waals surface area contributed by atoms with Crippen LogP contribution >= 0.6 is 0 Å². The quantitative estimate of drug-likeness (QED) is 0.0430. The van der Waals surface area contributed by atoms with Crippen LogP contribution in [0, 0.1) is 5.21 Å². The lowest BCUT2D eigenvalue weighted by Crippen LogP contribution is -2.66. The zero-order valence-corrected chi connectivity index (χ0v) is 33.8. The third-order valence-corrected chi connectivity index (χ3v) is 10.7. The van der Waals surface area contributed by atoms with Gasteiger partial charge >= 0.3 is 6.09 Å². The number of hydrogen-bond acceptors (Lipinski definition) is 6. The van der Waals surface area contributed by atoms with E-state index in [1.807, 2.05) is 128 Å². The Morgan fingerprint density at radius 1 is 0.793 bits per heavy atom. The zero-order chi connectivity index (χ0) is 41.0. The zero-order valence-electron chi connectivity index (χ0n) is 33.8. The van der Waals surface area contributed by atoms with Crippen LogP contribution in [0.25, 0.3) is 0 Å². The molecule has 0 aliphatic heterocycles. The lowest BCUT2D eigenvalue weighted by Gasteiger charge is -2.48. The average Bonchev–Trinajstić information content (AvgIpc) is 3.73. The minimum absolute atomic E-state index is 0.0356. The molecule has 1 heterocycles. The molecule has 0 saturated carbocycles. The summed E-state index contributed by atoms with van der Waals surface area (Å²) >= 11 is 0. The number of nitrogens with zero attached hydrogens (tertiary/aromatic N) is 4. The number of quaternary nitrogens is 1. The first-order chi connectivity index (χ1) is 28.1. The van der Waals surface area contributed by atoms with Gasteiger partial charge in [0.1, 0.15) is 24.7 Å². The number of amides is 2. The highest BCUT2D eigenvalue weighted by Gasteiger charge is 2.44. The number of nitrogens with one attached hydrogen (secondary N) is 1. The highest BCUT2D eigenvalue weighted by atomic mass is 16.7. The van der Waals surface area contributed by atoms with Crippen molar-refractivity contribution in [3.05, 3.63) is 215 Å². The van der Waals surface area contributed by atoms with Crippen LogP contribution in [0.3, 0.4) is 0 Å². The first kappa shape index (κ1) is 41.5. The van der Waals surface area contributed by atoms with Gasteiger partial charge in [-0.25, -0.2) is 4.98 Å². The molecule has 0 aliphatic rings. The maximum atomic E-state index is 15.5. The number of hydroxylamine groups is 2. The summed E-state index contributed by atoms with van der Waals surface area (Å²) in [6.45, 7) is 7.60. The van der Waals surface area contributed by atoms with E-state index in [-0.39, 0.29) is 37.4 Å². The summed E-state index contributed by atoms with van der Waals surface area (Å²) in [5.41, 5.74) is 4.33. The van der Waals surface area contributed by atoms with Gasteiger partial charge in [0.25, 0.3) is 0 Å². The molecule has 9 heteroatoms. The fraction of sp³-hybridized carbons (Fsp3) is 0.245. The van der Waals surface area contributed by atoms with Gasteiger partial charge in [0.05, 0.1) is 18.6 Å². The number of rotatable bonds is 17. The van der Waals surface area contributed by atoms with Crippen molar-refractivity contribution in [1.82, 2.24) is 19.9 Å². The van der Waals surface area contributed by atoms with E-state index >= 15 is 5.21 Å². The van der Waals surface area contributed by atoms with E-state index in [0.29, 0.717) is 12.2 Å². The maximum Gasteiger partial charge on any atom is 0.537 e. The van der Waals surface area contributed by atoms with Gasteiger partial charge in [-0.05, 0) is 41.7 Å². The predicted octanol–water partition coefficient (Wildman–Crippen LogP) is 9.19. The molecule has 9 nitrogen and oxygen atoms in total. The summed E-state index contributed by atoms with van der Waals surface area (Å²) in [6.07, 6.45) is 6.42. The molecule has 6 rings (SSSR count). The minimum atomic E-state index is -1.53. The Labute approximate surface area is 342 Å². The molecular formula is C49H53N5O4. The molecule has 2 unspecified atom stereocenters. The summed E-state index contributed by atoms with van der Waals surface area (Å²) in [5.74, 6) is -0.377. The van der Waals surface area contributed by atoms with Gasteiger partial charge in [-0.1, -0.05) is 178 Å². The van der Waals surface area contributed by atoms with E-state index in [0.717, 1.165) is 27.8 Å². The molecular weight excluding hydrogens is 723 g/mol. The number of carbonyl (C=O) groups is 2. The molecule has 2 atom stereocenters. The van der Waals surface area contributed by atoms with Gasteiger partial charge in [0, 0.05) is 24.6 Å². The number of aromatic nitrogens is 2. The molecule has 0 bridgehead atoms. The van der Waals surface area contributed by atoms with Gasteiger partial charge < -0.3 is 19.8 Å². The highest BCUT2D eigenvalue weighted by Crippen LogP contribution is 2.41. The molecule has 6 aromatic rings. The number of allylic oxidation sites excluding steroid dienone is 1. The molecule has 2 amide bonds. The smallest absolute Gasteiger partial charge is 0.537 e. The molecule has 298 valence electrons. The molecule has 0 radical (unpaired) electrons. The van der Waals surface area contributed by atoms with Gasteiger partial charge in [-0.15, -0.1) is 5.01 Å². The van der Waals surface area contributed by atoms with Crippen LogP contribution in [0.4, 0.5) is 4.79 Å². The Bertz CT molecular complexity index is 2130. The lowest BCUT2D eigenvalue weighted by molar-refractivity contribution is -0.947. The summed E-state index contributed by atoms with van der Waals surface area (Å²) in [5, 5.41) is 19.9. The van der Waals surface area contributed by atoms with E-state index in [2.05, 4.69) is 60.1 Å². The van der Waals surface area contributed by atoms with Crippen LogP contribution in [0.1, 0.15) is 61.2 Å². The topological polar surface area (TPSA) is 99.5 Å². The second kappa shape index (κ2) is 18.9. The molecule has 0 spiro atoms. The van der Waals surface area contributed by atoms with Crippen molar-refractivity contribution in [2.45, 2.75) is 57.7 Å². The second-order valence-electron chi connectivity index (χ2n) is 15.2. The van der Waals surface area contributed by atoms with E-state index in [9.17, 15) is 9.59 Å². The first-order valence-corrected chi connectivity index (χ1v) is 19.8.